The first-order chi connectivity index (χ1) is 9.22. The average Bonchev–Trinajstić information content (AvgIpc) is 3.00. The van der Waals surface area contributed by atoms with E-state index >= 15 is 0 Å². The predicted molar refractivity (Wildman–Crippen MR) is 81.4 cm³/mol. The van der Waals surface area contributed by atoms with Gasteiger partial charge in [-0.15, -0.1) is 0 Å². The molecule has 0 amide bonds. The molecule has 0 radical (unpaired) electrons. The lowest BCUT2D eigenvalue weighted by Gasteiger charge is -2.16. The molecule has 1 saturated carbocycles. The van der Waals surface area contributed by atoms with E-state index in [4.69, 9.17) is 0 Å². The molecule has 2 bridgehead atoms. The van der Waals surface area contributed by atoms with E-state index in [2.05, 4.69) is 52.1 Å². The van der Waals surface area contributed by atoms with Crippen molar-refractivity contribution in [2.75, 3.05) is 0 Å². The molecule has 4 rings (SSSR count). The van der Waals surface area contributed by atoms with Crippen molar-refractivity contribution in [2.24, 2.45) is 0 Å². The molecule has 2 atom stereocenters. The number of aryl methyl sites for hydroxylation is 1. The van der Waals surface area contributed by atoms with Crippen molar-refractivity contribution >= 4 is 15.9 Å². The van der Waals surface area contributed by atoms with Crippen LogP contribution in [0.25, 0.3) is 11.3 Å². The number of hydrogen-bond donors (Lipinski definition) is 0. The van der Waals surface area contributed by atoms with Gasteiger partial charge in [0.25, 0.3) is 0 Å². The fourth-order valence-corrected chi connectivity index (χ4v) is 4.28. The van der Waals surface area contributed by atoms with Gasteiger partial charge in [-0.25, -0.2) is 0 Å². The number of fused-ring (bicyclic) bond motifs is 5. The van der Waals surface area contributed by atoms with Crippen LogP contribution >= 0.6 is 15.9 Å². The Balaban J connectivity index is 1.83. The Hall–Kier alpha value is -1.15. The zero-order chi connectivity index (χ0) is 13.0. The smallest absolute Gasteiger partial charge is 0.0732 e. The van der Waals surface area contributed by atoms with Crippen molar-refractivity contribution in [2.45, 2.75) is 38.0 Å². The molecule has 2 aliphatic rings. The Morgan fingerprint density at radius 3 is 2.68 bits per heavy atom. The quantitative estimate of drug-likeness (QED) is 0.706. The van der Waals surface area contributed by atoms with Crippen LogP contribution in [0.1, 0.15) is 47.8 Å². The van der Waals surface area contributed by atoms with Crippen LogP contribution in [0.2, 0.25) is 0 Å². The maximum Gasteiger partial charge on any atom is 0.0732 e. The molecule has 0 spiro atoms. The molecule has 1 heterocycles. The van der Waals surface area contributed by atoms with Gasteiger partial charge in [-0.2, -0.15) is 0 Å². The molecule has 1 fully saturated rings. The number of rotatable bonds is 1. The number of hydrogen-bond acceptors (Lipinski definition) is 1. The van der Waals surface area contributed by atoms with Crippen LogP contribution < -0.4 is 0 Å². The molecule has 19 heavy (non-hydrogen) atoms. The monoisotopic (exact) mass is 313 g/mol. The van der Waals surface area contributed by atoms with Crippen LogP contribution in [0.5, 0.6) is 0 Å². The maximum atomic E-state index is 4.59. The van der Waals surface area contributed by atoms with Crippen LogP contribution in [0, 0.1) is 6.92 Å². The summed E-state index contributed by atoms with van der Waals surface area (Å²) in [5.41, 5.74) is 6.83. The van der Waals surface area contributed by atoms with Crippen LogP contribution in [-0.4, -0.2) is 4.98 Å². The van der Waals surface area contributed by atoms with Gasteiger partial charge in [-0.05, 0) is 82.8 Å². The molecular weight excluding hydrogens is 298 g/mol. The summed E-state index contributed by atoms with van der Waals surface area (Å²) in [6.45, 7) is 2.13. The second-order valence-corrected chi connectivity index (χ2v) is 6.79. The van der Waals surface area contributed by atoms with Crippen LogP contribution in [0.4, 0.5) is 0 Å². The SMILES string of the molecule is Cc1cc(Br)cnc1-c1ccc2c(c1)C1CCC2C1. The van der Waals surface area contributed by atoms with Gasteiger partial charge in [-0.1, -0.05) is 12.1 Å². The summed E-state index contributed by atoms with van der Waals surface area (Å²) in [5.74, 6) is 1.66. The summed E-state index contributed by atoms with van der Waals surface area (Å²) < 4.78 is 1.05. The van der Waals surface area contributed by atoms with Crippen molar-refractivity contribution in [3.8, 4) is 11.3 Å². The average molecular weight is 314 g/mol. The topological polar surface area (TPSA) is 12.9 Å². The Morgan fingerprint density at radius 2 is 1.89 bits per heavy atom. The minimum absolute atomic E-state index is 0.815. The van der Waals surface area contributed by atoms with E-state index in [9.17, 15) is 0 Å². The van der Waals surface area contributed by atoms with Gasteiger partial charge < -0.3 is 0 Å². The maximum absolute atomic E-state index is 4.59. The second kappa shape index (κ2) is 4.17. The number of benzene rings is 1. The van der Waals surface area contributed by atoms with Gasteiger partial charge in [0.2, 0.25) is 0 Å². The highest BCUT2D eigenvalue weighted by atomic mass is 79.9. The first kappa shape index (κ1) is 11.7. The third kappa shape index (κ3) is 1.77. The van der Waals surface area contributed by atoms with Gasteiger partial charge in [0.15, 0.2) is 0 Å². The van der Waals surface area contributed by atoms with E-state index in [-0.39, 0.29) is 0 Å². The molecule has 0 N–H and O–H groups in total. The summed E-state index contributed by atoms with van der Waals surface area (Å²) in [7, 11) is 0. The van der Waals surface area contributed by atoms with E-state index in [0.29, 0.717) is 0 Å². The Kier molecular flexibility index (Phi) is 2.56. The third-order valence-electron chi connectivity index (χ3n) is 4.72. The van der Waals surface area contributed by atoms with Gasteiger partial charge >= 0.3 is 0 Å². The molecule has 0 saturated heterocycles. The summed E-state index contributed by atoms with van der Waals surface area (Å²) in [4.78, 5) is 4.59. The van der Waals surface area contributed by atoms with Crippen molar-refractivity contribution in [3.63, 3.8) is 0 Å². The number of halogens is 1. The highest BCUT2D eigenvalue weighted by molar-refractivity contribution is 9.10. The Labute approximate surface area is 122 Å². The first-order valence-electron chi connectivity index (χ1n) is 6.99. The Morgan fingerprint density at radius 1 is 1.11 bits per heavy atom. The van der Waals surface area contributed by atoms with Gasteiger partial charge in [-0.3, -0.25) is 4.98 Å². The minimum Gasteiger partial charge on any atom is -0.255 e. The summed E-state index contributed by atoms with van der Waals surface area (Å²) in [6, 6.07) is 9.13. The zero-order valence-corrected chi connectivity index (χ0v) is 12.6. The van der Waals surface area contributed by atoms with E-state index < -0.39 is 0 Å². The molecular formula is C17H16BrN. The molecule has 2 heteroatoms. The largest absolute Gasteiger partial charge is 0.255 e. The first-order valence-corrected chi connectivity index (χ1v) is 7.78. The van der Waals surface area contributed by atoms with Crippen LogP contribution in [0.3, 0.4) is 0 Å². The van der Waals surface area contributed by atoms with Gasteiger partial charge in [0.1, 0.15) is 0 Å². The molecule has 96 valence electrons. The normalized spacial score (nSPS) is 23.7. The molecule has 1 aromatic heterocycles. The number of pyridine rings is 1. The summed E-state index contributed by atoms with van der Waals surface area (Å²) in [6.07, 6.45) is 6.05. The fourth-order valence-electron chi connectivity index (χ4n) is 3.84. The van der Waals surface area contributed by atoms with Crippen LogP contribution in [-0.2, 0) is 0 Å². The number of nitrogens with zero attached hydrogens (tertiary/aromatic N) is 1. The van der Waals surface area contributed by atoms with Crippen molar-refractivity contribution < 1.29 is 0 Å². The molecule has 2 aromatic rings. The molecule has 2 unspecified atom stereocenters. The van der Waals surface area contributed by atoms with Crippen molar-refractivity contribution in [3.05, 3.63) is 51.6 Å². The fraction of sp³-hybridized carbons (Fsp3) is 0.353. The zero-order valence-electron chi connectivity index (χ0n) is 11.0. The summed E-state index contributed by atoms with van der Waals surface area (Å²) in [5, 5.41) is 0. The van der Waals surface area contributed by atoms with Crippen molar-refractivity contribution in [1.29, 1.82) is 0 Å². The summed E-state index contributed by atoms with van der Waals surface area (Å²) >= 11 is 3.48. The van der Waals surface area contributed by atoms with E-state index in [1.54, 1.807) is 11.1 Å². The van der Waals surface area contributed by atoms with E-state index in [0.717, 1.165) is 22.0 Å². The lowest BCUT2D eigenvalue weighted by Crippen LogP contribution is -1.98. The van der Waals surface area contributed by atoms with Crippen LogP contribution in [0.15, 0.2) is 34.9 Å². The third-order valence-corrected chi connectivity index (χ3v) is 5.15. The molecule has 2 aliphatic carbocycles. The molecule has 1 nitrogen and oxygen atoms in total. The standard InChI is InChI=1S/C17H16BrN/c1-10-6-14(18)9-19-17(10)13-4-5-15-11-2-3-12(7-11)16(15)8-13/h4-6,8-9,11-12H,2-3,7H2,1H3. The lowest BCUT2D eigenvalue weighted by molar-refractivity contribution is 0.717. The van der Waals surface area contributed by atoms with E-state index in [1.807, 2.05) is 6.20 Å². The highest BCUT2D eigenvalue weighted by Gasteiger charge is 2.36. The lowest BCUT2D eigenvalue weighted by atomic mass is 9.89. The highest BCUT2D eigenvalue weighted by Crippen LogP contribution is 2.53. The Bertz CT molecular complexity index is 662. The molecule has 1 aromatic carbocycles. The van der Waals surface area contributed by atoms with Gasteiger partial charge in [0.05, 0.1) is 5.69 Å². The van der Waals surface area contributed by atoms with Gasteiger partial charge in [0, 0.05) is 16.2 Å². The number of aromatic nitrogens is 1. The molecule has 0 aliphatic heterocycles. The van der Waals surface area contributed by atoms with E-state index in [1.165, 1.54) is 30.4 Å². The second-order valence-electron chi connectivity index (χ2n) is 5.87. The van der Waals surface area contributed by atoms with Crippen molar-refractivity contribution in [1.82, 2.24) is 4.98 Å². The minimum atomic E-state index is 0.815. The predicted octanol–water partition coefficient (Wildman–Crippen LogP) is 5.18.